The summed E-state index contributed by atoms with van der Waals surface area (Å²) in [5, 5.41) is 10.7. The Morgan fingerprint density at radius 3 is 2.35 bits per heavy atom. The van der Waals surface area contributed by atoms with Gasteiger partial charge >= 0.3 is 0 Å². The van der Waals surface area contributed by atoms with Gasteiger partial charge in [-0.05, 0) is 5.56 Å². The summed E-state index contributed by atoms with van der Waals surface area (Å²) in [5.41, 5.74) is 2.36. The second-order valence-corrected chi connectivity index (χ2v) is 4.29. The van der Waals surface area contributed by atoms with E-state index in [9.17, 15) is 0 Å². The van der Waals surface area contributed by atoms with Crippen LogP contribution in [0.2, 0.25) is 0 Å². The maximum Gasteiger partial charge on any atom is 0.191 e. The molecular weight excluding hydrogens is 365 g/mol. The van der Waals surface area contributed by atoms with Gasteiger partial charge in [0.15, 0.2) is 5.96 Å². The van der Waals surface area contributed by atoms with Crippen LogP contribution in [0.5, 0.6) is 0 Å². The van der Waals surface area contributed by atoms with Gasteiger partial charge in [-0.3, -0.25) is 9.67 Å². The standard InChI is InChI=1S/C14H19N5.HI/c1-15-14(16-8-12-6-4-3-5-7-12)17-9-13-10-18-19(2)11-13;/h3-7,10-11H,8-9H2,1-2H3,(H2,15,16,17);1H. The van der Waals surface area contributed by atoms with Crippen LogP contribution in [0.15, 0.2) is 47.7 Å². The average molecular weight is 385 g/mol. The fourth-order valence-electron chi connectivity index (χ4n) is 1.75. The van der Waals surface area contributed by atoms with Gasteiger partial charge in [-0.25, -0.2) is 0 Å². The van der Waals surface area contributed by atoms with Gasteiger partial charge < -0.3 is 10.6 Å². The molecule has 5 nitrogen and oxygen atoms in total. The zero-order valence-electron chi connectivity index (χ0n) is 11.7. The van der Waals surface area contributed by atoms with E-state index in [1.54, 1.807) is 11.7 Å². The molecule has 1 aromatic heterocycles. The molecule has 0 amide bonds. The van der Waals surface area contributed by atoms with Gasteiger partial charge in [0, 0.05) is 38.9 Å². The Kier molecular flexibility index (Phi) is 7.06. The van der Waals surface area contributed by atoms with Crippen molar-refractivity contribution in [1.82, 2.24) is 20.4 Å². The molecule has 0 radical (unpaired) electrons. The third-order valence-corrected chi connectivity index (χ3v) is 2.74. The van der Waals surface area contributed by atoms with Crippen molar-refractivity contribution in [2.75, 3.05) is 7.05 Å². The molecule has 0 aliphatic rings. The molecule has 0 spiro atoms. The zero-order chi connectivity index (χ0) is 13.5. The first-order chi connectivity index (χ1) is 9.28. The third-order valence-electron chi connectivity index (χ3n) is 2.74. The van der Waals surface area contributed by atoms with Crippen molar-refractivity contribution in [1.29, 1.82) is 0 Å². The number of guanidine groups is 1. The predicted octanol–water partition coefficient (Wildman–Crippen LogP) is 1.90. The van der Waals surface area contributed by atoms with E-state index in [0.717, 1.165) is 18.1 Å². The van der Waals surface area contributed by atoms with E-state index in [0.29, 0.717) is 6.54 Å². The Morgan fingerprint density at radius 1 is 1.15 bits per heavy atom. The van der Waals surface area contributed by atoms with Crippen molar-refractivity contribution < 1.29 is 0 Å². The molecule has 20 heavy (non-hydrogen) atoms. The van der Waals surface area contributed by atoms with Gasteiger partial charge in [-0.15, -0.1) is 24.0 Å². The molecule has 0 aliphatic heterocycles. The van der Waals surface area contributed by atoms with E-state index in [4.69, 9.17) is 0 Å². The van der Waals surface area contributed by atoms with Crippen LogP contribution >= 0.6 is 24.0 Å². The number of hydrogen-bond acceptors (Lipinski definition) is 2. The molecule has 0 unspecified atom stereocenters. The molecule has 2 rings (SSSR count). The molecule has 0 atom stereocenters. The molecule has 0 aliphatic carbocycles. The lowest BCUT2D eigenvalue weighted by atomic mass is 10.2. The van der Waals surface area contributed by atoms with Crippen LogP contribution in [-0.4, -0.2) is 22.8 Å². The third kappa shape index (κ3) is 5.20. The van der Waals surface area contributed by atoms with E-state index in [2.05, 4.69) is 32.9 Å². The summed E-state index contributed by atoms with van der Waals surface area (Å²) in [7, 11) is 3.68. The molecule has 0 fully saturated rings. The number of benzene rings is 1. The maximum absolute atomic E-state index is 4.19. The molecule has 1 heterocycles. The fraction of sp³-hybridized carbons (Fsp3) is 0.286. The summed E-state index contributed by atoms with van der Waals surface area (Å²) in [4.78, 5) is 4.19. The molecule has 1 aromatic carbocycles. The van der Waals surface area contributed by atoms with Crippen molar-refractivity contribution in [2.45, 2.75) is 13.1 Å². The smallest absolute Gasteiger partial charge is 0.191 e. The minimum atomic E-state index is 0. The van der Waals surface area contributed by atoms with Crippen LogP contribution in [0, 0.1) is 0 Å². The van der Waals surface area contributed by atoms with E-state index >= 15 is 0 Å². The number of nitrogens with one attached hydrogen (secondary N) is 2. The Labute approximate surface area is 136 Å². The highest BCUT2D eigenvalue weighted by Crippen LogP contribution is 1.98. The Hall–Kier alpha value is -1.57. The van der Waals surface area contributed by atoms with Gasteiger partial charge in [-0.1, -0.05) is 30.3 Å². The van der Waals surface area contributed by atoms with Crippen molar-refractivity contribution in [3.8, 4) is 0 Å². The van der Waals surface area contributed by atoms with E-state index in [1.807, 2.05) is 37.6 Å². The summed E-state index contributed by atoms with van der Waals surface area (Å²) in [5.74, 6) is 0.785. The maximum atomic E-state index is 4.19. The topological polar surface area (TPSA) is 54.2 Å². The number of aromatic nitrogens is 2. The number of rotatable bonds is 4. The average Bonchev–Trinajstić information content (AvgIpc) is 2.86. The number of aliphatic imine (C=N–C) groups is 1. The van der Waals surface area contributed by atoms with E-state index < -0.39 is 0 Å². The van der Waals surface area contributed by atoms with E-state index in [1.165, 1.54) is 5.56 Å². The molecule has 0 saturated heterocycles. The number of nitrogens with zero attached hydrogens (tertiary/aromatic N) is 3. The van der Waals surface area contributed by atoms with Crippen LogP contribution in [0.3, 0.4) is 0 Å². The van der Waals surface area contributed by atoms with Gasteiger partial charge in [-0.2, -0.15) is 5.10 Å². The van der Waals surface area contributed by atoms with E-state index in [-0.39, 0.29) is 24.0 Å². The first kappa shape index (κ1) is 16.5. The van der Waals surface area contributed by atoms with Crippen molar-refractivity contribution in [3.05, 3.63) is 53.9 Å². The van der Waals surface area contributed by atoms with Crippen LogP contribution in [-0.2, 0) is 20.1 Å². The summed E-state index contributed by atoms with van der Waals surface area (Å²) in [6.07, 6.45) is 3.83. The number of hydrogen-bond donors (Lipinski definition) is 2. The van der Waals surface area contributed by atoms with Crippen LogP contribution < -0.4 is 10.6 Å². The lowest BCUT2D eigenvalue weighted by Crippen LogP contribution is -2.36. The van der Waals surface area contributed by atoms with Gasteiger partial charge in [0.05, 0.1) is 6.20 Å². The second kappa shape index (κ2) is 8.57. The lowest BCUT2D eigenvalue weighted by Gasteiger charge is -2.11. The molecule has 2 aromatic rings. The summed E-state index contributed by atoms with van der Waals surface area (Å²) in [6, 6.07) is 10.2. The fourth-order valence-corrected chi connectivity index (χ4v) is 1.75. The Morgan fingerprint density at radius 2 is 1.80 bits per heavy atom. The first-order valence-electron chi connectivity index (χ1n) is 6.24. The summed E-state index contributed by atoms with van der Waals surface area (Å²) in [6.45, 7) is 1.47. The molecule has 0 saturated carbocycles. The monoisotopic (exact) mass is 385 g/mol. The summed E-state index contributed by atoms with van der Waals surface area (Å²) >= 11 is 0. The van der Waals surface area contributed by atoms with Crippen LogP contribution in [0.25, 0.3) is 0 Å². The summed E-state index contributed by atoms with van der Waals surface area (Å²) < 4.78 is 1.79. The SMILES string of the molecule is CN=C(NCc1ccccc1)NCc1cnn(C)c1.I. The first-order valence-corrected chi connectivity index (χ1v) is 6.24. The minimum absolute atomic E-state index is 0. The van der Waals surface area contributed by atoms with Gasteiger partial charge in [0.2, 0.25) is 0 Å². The lowest BCUT2D eigenvalue weighted by molar-refractivity contribution is 0.765. The van der Waals surface area contributed by atoms with Crippen LogP contribution in [0.1, 0.15) is 11.1 Å². The molecule has 108 valence electrons. The Bertz CT molecular complexity index is 536. The van der Waals surface area contributed by atoms with Crippen LogP contribution in [0.4, 0.5) is 0 Å². The molecule has 0 bridgehead atoms. The highest BCUT2D eigenvalue weighted by molar-refractivity contribution is 14.0. The largest absolute Gasteiger partial charge is 0.352 e. The van der Waals surface area contributed by atoms with Crippen molar-refractivity contribution in [3.63, 3.8) is 0 Å². The zero-order valence-corrected chi connectivity index (χ0v) is 14.0. The predicted molar refractivity (Wildman–Crippen MR) is 92.1 cm³/mol. The number of halogens is 1. The molecule has 2 N–H and O–H groups in total. The second-order valence-electron chi connectivity index (χ2n) is 4.29. The van der Waals surface area contributed by atoms with Gasteiger partial charge in [0.25, 0.3) is 0 Å². The normalized spacial score (nSPS) is 10.8. The van der Waals surface area contributed by atoms with Crippen molar-refractivity contribution >= 4 is 29.9 Å². The highest BCUT2D eigenvalue weighted by atomic mass is 127. The minimum Gasteiger partial charge on any atom is -0.352 e. The van der Waals surface area contributed by atoms with Crippen molar-refractivity contribution in [2.24, 2.45) is 12.0 Å². The Balaban J connectivity index is 0.00000200. The molecular formula is C14H20IN5. The molecule has 6 heteroatoms. The highest BCUT2D eigenvalue weighted by Gasteiger charge is 2.00. The quantitative estimate of drug-likeness (QED) is 0.480. The van der Waals surface area contributed by atoms with Gasteiger partial charge in [0.1, 0.15) is 0 Å². The number of aryl methyl sites for hydroxylation is 1.